The third-order valence-corrected chi connectivity index (χ3v) is 6.41. The summed E-state index contributed by atoms with van der Waals surface area (Å²) in [5.74, 6) is 0.322. The summed E-state index contributed by atoms with van der Waals surface area (Å²) in [6.07, 6.45) is 8.66. The normalized spacial score (nSPS) is 19.4. The molecule has 1 aromatic carbocycles. The van der Waals surface area contributed by atoms with Gasteiger partial charge >= 0.3 is 0 Å². The minimum absolute atomic E-state index is 0.0890. The Hall–Kier alpha value is -2.25. The van der Waals surface area contributed by atoms with Gasteiger partial charge in [-0.3, -0.25) is 14.3 Å². The summed E-state index contributed by atoms with van der Waals surface area (Å²) < 4.78 is 3.07. The number of carbonyl (C=O) groups excluding carboxylic acids is 2. The van der Waals surface area contributed by atoms with Crippen molar-refractivity contribution in [2.24, 2.45) is 5.92 Å². The van der Waals surface area contributed by atoms with Gasteiger partial charge in [0, 0.05) is 28.6 Å². The average Bonchev–Trinajstić information content (AvgIpc) is 3.11. The highest BCUT2D eigenvalue weighted by molar-refractivity contribution is 7.99. The van der Waals surface area contributed by atoms with Crippen molar-refractivity contribution in [2.45, 2.75) is 85.4 Å². The number of hydrogen-bond donors (Lipinski definition) is 4. The number of rotatable bonds is 4. The lowest BCUT2D eigenvalue weighted by atomic mass is 10.0. The molecule has 0 aromatic heterocycles. The second-order valence-corrected chi connectivity index (χ2v) is 11.4. The average molecular weight is 503 g/mol. The summed E-state index contributed by atoms with van der Waals surface area (Å²) in [7, 11) is 0. The molecule has 2 unspecified atom stereocenters. The molecule has 0 radical (unpaired) electrons. The number of nitrogens with one attached hydrogen (secondary N) is 4. The Morgan fingerprint density at radius 3 is 2.37 bits per heavy atom. The molecule has 196 valence electrons. The van der Waals surface area contributed by atoms with Crippen LogP contribution in [0, 0.1) is 19.8 Å². The Morgan fingerprint density at radius 1 is 1.06 bits per heavy atom. The zero-order chi connectivity index (χ0) is 26.4. The largest absolute Gasteiger partial charge is 0.384 e. The molecule has 4 N–H and O–H groups in total. The lowest BCUT2D eigenvalue weighted by Gasteiger charge is -2.20. The summed E-state index contributed by atoms with van der Waals surface area (Å²) in [4.78, 5) is 23.8. The first-order valence-corrected chi connectivity index (χ1v) is 13.6. The molecule has 0 saturated carbocycles. The smallest absolute Gasteiger partial charge is 0.257 e. The maximum Gasteiger partial charge on any atom is 0.257 e. The molecular formula is C28H46N4O2S. The van der Waals surface area contributed by atoms with Crippen LogP contribution in [0.5, 0.6) is 0 Å². The molecule has 1 saturated heterocycles. The number of hydrogen-bond acceptors (Lipinski definition) is 5. The second-order valence-electron chi connectivity index (χ2n) is 9.73. The fourth-order valence-electron chi connectivity index (χ4n) is 3.30. The lowest BCUT2D eigenvalue weighted by Crippen LogP contribution is -2.30. The van der Waals surface area contributed by atoms with Crippen LogP contribution >= 0.6 is 11.9 Å². The quantitative estimate of drug-likeness (QED) is 0.401. The van der Waals surface area contributed by atoms with E-state index in [9.17, 15) is 9.59 Å². The van der Waals surface area contributed by atoms with Crippen LogP contribution in [0.25, 0.3) is 0 Å². The summed E-state index contributed by atoms with van der Waals surface area (Å²) in [6, 6.07) is 6.19. The van der Waals surface area contributed by atoms with Crippen LogP contribution < -0.4 is 20.7 Å². The summed E-state index contributed by atoms with van der Waals surface area (Å²) in [5, 5.41) is 9.32. The standard InChI is InChI=1S/C15H18N2O.C11H22N2OS.C2H6/c1-10-4-7-14(8-11(10)2)17-15(18)13-6-5-12(3)16-9-13;1-11(2,3)15-13-10(14)9-5-4-7-12-8-6-9;1-2/h4-9,12,16H,1-3H3,(H,17,18);9,12H,4-8H2,1-3H3,(H,13,14);1-2H3. The van der Waals surface area contributed by atoms with Crippen LogP contribution in [0.4, 0.5) is 5.69 Å². The van der Waals surface area contributed by atoms with Gasteiger partial charge in [0.05, 0.1) is 5.57 Å². The van der Waals surface area contributed by atoms with Gasteiger partial charge in [-0.05, 0) is 115 Å². The Kier molecular flexibility index (Phi) is 13.8. The zero-order valence-electron chi connectivity index (χ0n) is 22.9. The van der Waals surface area contributed by atoms with Gasteiger partial charge in [-0.25, -0.2) is 0 Å². The zero-order valence-corrected chi connectivity index (χ0v) is 23.7. The Bertz CT molecular complexity index is 866. The minimum Gasteiger partial charge on any atom is -0.384 e. The molecule has 2 aliphatic heterocycles. The fraction of sp³-hybridized carbons (Fsp3) is 0.571. The first-order chi connectivity index (χ1) is 16.5. The first-order valence-electron chi connectivity index (χ1n) is 12.8. The number of aryl methyl sites for hydroxylation is 2. The van der Waals surface area contributed by atoms with E-state index in [1.54, 1.807) is 6.20 Å². The fourth-order valence-corrected chi connectivity index (χ4v) is 3.88. The molecule has 3 rings (SSSR count). The van der Waals surface area contributed by atoms with E-state index in [2.05, 4.69) is 48.4 Å². The van der Waals surface area contributed by atoms with Crippen molar-refractivity contribution in [2.75, 3.05) is 18.4 Å². The third kappa shape index (κ3) is 12.3. The Balaban J connectivity index is 0.000000332. The maximum absolute atomic E-state index is 12.0. The minimum atomic E-state index is -0.0890. The highest BCUT2D eigenvalue weighted by Crippen LogP contribution is 2.22. The second kappa shape index (κ2) is 15.7. The van der Waals surface area contributed by atoms with Gasteiger partial charge in [0.1, 0.15) is 0 Å². The molecule has 2 heterocycles. The Labute approximate surface area is 217 Å². The molecule has 35 heavy (non-hydrogen) atoms. The van der Waals surface area contributed by atoms with Crippen molar-refractivity contribution in [3.05, 3.63) is 53.3 Å². The van der Waals surface area contributed by atoms with Gasteiger partial charge in [-0.2, -0.15) is 0 Å². The van der Waals surface area contributed by atoms with Gasteiger partial charge in [-0.1, -0.05) is 26.0 Å². The van der Waals surface area contributed by atoms with Crippen LogP contribution in [0.2, 0.25) is 0 Å². The summed E-state index contributed by atoms with van der Waals surface area (Å²) in [5.41, 5.74) is 3.87. The molecule has 0 aliphatic carbocycles. The predicted molar refractivity (Wildman–Crippen MR) is 151 cm³/mol. The van der Waals surface area contributed by atoms with E-state index in [0.29, 0.717) is 5.57 Å². The highest BCUT2D eigenvalue weighted by Gasteiger charge is 2.21. The summed E-state index contributed by atoms with van der Waals surface area (Å²) >= 11 is 1.52. The van der Waals surface area contributed by atoms with Crippen LogP contribution in [0.15, 0.2) is 42.1 Å². The van der Waals surface area contributed by atoms with Crippen LogP contribution in [0.1, 0.15) is 71.9 Å². The molecule has 2 atom stereocenters. The molecule has 0 bridgehead atoms. The molecule has 2 aliphatic rings. The van der Waals surface area contributed by atoms with E-state index in [0.717, 1.165) is 38.0 Å². The number of amides is 2. The van der Waals surface area contributed by atoms with Crippen molar-refractivity contribution in [3.8, 4) is 0 Å². The van der Waals surface area contributed by atoms with Crippen molar-refractivity contribution in [1.29, 1.82) is 0 Å². The van der Waals surface area contributed by atoms with Gasteiger partial charge in [-0.15, -0.1) is 0 Å². The number of dihydropyridines is 1. The van der Waals surface area contributed by atoms with Crippen LogP contribution in [0.3, 0.4) is 0 Å². The molecule has 0 spiro atoms. The van der Waals surface area contributed by atoms with Gasteiger partial charge in [0.25, 0.3) is 5.91 Å². The Morgan fingerprint density at radius 2 is 1.77 bits per heavy atom. The highest BCUT2D eigenvalue weighted by atomic mass is 32.2. The predicted octanol–water partition coefficient (Wildman–Crippen LogP) is 5.64. The lowest BCUT2D eigenvalue weighted by molar-refractivity contribution is -0.123. The van der Waals surface area contributed by atoms with Crippen molar-refractivity contribution < 1.29 is 9.59 Å². The van der Waals surface area contributed by atoms with Crippen molar-refractivity contribution in [3.63, 3.8) is 0 Å². The molecule has 2 amide bonds. The van der Waals surface area contributed by atoms with Gasteiger partial charge in [0.2, 0.25) is 5.91 Å². The number of carbonyl (C=O) groups is 2. The number of anilines is 1. The molecule has 1 fully saturated rings. The first kappa shape index (κ1) is 30.8. The summed E-state index contributed by atoms with van der Waals surface area (Å²) in [6.45, 7) is 18.5. The van der Waals surface area contributed by atoms with E-state index >= 15 is 0 Å². The van der Waals surface area contributed by atoms with Gasteiger partial charge in [0.15, 0.2) is 0 Å². The van der Waals surface area contributed by atoms with E-state index in [1.165, 1.54) is 23.1 Å². The molecule has 6 nitrogen and oxygen atoms in total. The monoisotopic (exact) mass is 502 g/mol. The van der Waals surface area contributed by atoms with Crippen molar-refractivity contribution >= 4 is 29.4 Å². The van der Waals surface area contributed by atoms with E-state index < -0.39 is 0 Å². The van der Waals surface area contributed by atoms with Gasteiger partial charge < -0.3 is 16.0 Å². The van der Waals surface area contributed by atoms with E-state index in [-0.39, 0.29) is 28.5 Å². The van der Waals surface area contributed by atoms with Crippen LogP contribution in [-0.2, 0) is 9.59 Å². The van der Waals surface area contributed by atoms with Crippen molar-refractivity contribution in [1.82, 2.24) is 15.4 Å². The van der Waals surface area contributed by atoms with E-state index in [1.807, 2.05) is 58.0 Å². The molecule has 7 heteroatoms. The third-order valence-electron chi connectivity index (χ3n) is 5.50. The topological polar surface area (TPSA) is 82.3 Å². The number of benzene rings is 1. The van der Waals surface area contributed by atoms with E-state index in [4.69, 9.17) is 0 Å². The van der Waals surface area contributed by atoms with Crippen LogP contribution in [-0.4, -0.2) is 35.7 Å². The molecular weight excluding hydrogens is 456 g/mol. The SMILES string of the molecule is CC.CC(C)(C)SNC(=O)C1CCCNCC1.Cc1ccc(NC(=O)C2=CNC(C)C=C2)cc1C. The molecule has 1 aromatic rings. The maximum atomic E-state index is 12.0.